The molecule has 3 N–H and O–H groups in total. The van der Waals surface area contributed by atoms with Crippen LogP contribution in [0.25, 0.3) is 0 Å². The number of hydrogen-bond donors (Lipinski definition) is 2. The van der Waals surface area contributed by atoms with Crippen molar-refractivity contribution in [3.63, 3.8) is 0 Å². The summed E-state index contributed by atoms with van der Waals surface area (Å²) in [6, 6.07) is 4.11. The first-order valence-electron chi connectivity index (χ1n) is 4.84. The number of nitrogens with zero attached hydrogens (tertiary/aromatic N) is 2. The third-order valence-electron chi connectivity index (χ3n) is 2.14. The molecule has 18 heavy (non-hydrogen) atoms. The number of aromatic nitrogens is 2. The van der Waals surface area contributed by atoms with Crippen molar-refractivity contribution < 1.29 is 14.3 Å². The van der Waals surface area contributed by atoms with Gasteiger partial charge in [-0.25, -0.2) is 19.2 Å². The minimum atomic E-state index is -1.27. The molecule has 2 aromatic rings. The van der Waals surface area contributed by atoms with Crippen LogP contribution in [-0.4, -0.2) is 21.0 Å². The van der Waals surface area contributed by atoms with Crippen LogP contribution in [0.4, 0.5) is 10.1 Å². The van der Waals surface area contributed by atoms with Gasteiger partial charge in [-0.05, 0) is 18.2 Å². The first-order valence-corrected chi connectivity index (χ1v) is 5.66. The lowest BCUT2D eigenvalue weighted by Crippen LogP contribution is -2.06. The Kier molecular flexibility index (Phi) is 3.42. The van der Waals surface area contributed by atoms with Crippen molar-refractivity contribution in [1.82, 2.24) is 9.97 Å². The van der Waals surface area contributed by atoms with E-state index in [-0.39, 0.29) is 11.3 Å². The third kappa shape index (κ3) is 2.40. The number of nitrogen functional groups attached to an aromatic ring is 1. The van der Waals surface area contributed by atoms with Gasteiger partial charge in [0, 0.05) is 11.1 Å². The van der Waals surface area contributed by atoms with Crippen LogP contribution in [0.15, 0.2) is 40.6 Å². The number of rotatable bonds is 3. The van der Waals surface area contributed by atoms with E-state index in [2.05, 4.69) is 9.97 Å². The summed E-state index contributed by atoms with van der Waals surface area (Å²) in [5.41, 5.74) is 4.81. The average molecular weight is 265 g/mol. The summed E-state index contributed by atoms with van der Waals surface area (Å²) in [6.07, 6.45) is 2.87. The number of nitrogens with two attached hydrogens (primary N) is 1. The van der Waals surface area contributed by atoms with Gasteiger partial charge in [-0.3, -0.25) is 0 Å². The van der Waals surface area contributed by atoms with Gasteiger partial charge in [0.05, 0.1) is 11.3 Å². The molecule has 0 fully saturated rings. The van der Waals surface area contributed by atoms with E-state index in [1.54, 1.807) is 6.07 Å². The average Bonchev–Trinajstić information content (AvgIpc) is 2.35. The molecule has 0 atom stereocenters. The second-order valence-electron chi connectivity index (χ2n) is 3.29. The zero-order chi connectivity index (χ0) is 13.1. The molecule has 2 rings (SSSR count). The van der Waals surface area contributed by atoms with E-state index in [0.717, 1.165) is 17.8 Å². The fourth-order valence-electron chi connectivity index (χ4n) is 1.33. The Morgan fingerprint density at radius 1 is 1.39 bits per heavy atom. The van der Waals surface area contributed by atoms with E-state index in [1.165, 1.54) is 18.6 Å². The van der Waals surface area contributed by atoms with Gasteiger partial charge in [0.2, 0.25) is 0 Å². The summed E-state index contributed by atoms with van der Waals surface area (Å²) in [4.78, 5) is 19.1. The lowest BCUT2D eigenvalue weighted by atomic mass is 10.2. The number of benzene rings is 1. The number of hydrogen-bond acceptors (Lipinski definition) is 5. The predicted molar refractivity (Wildman–Crippen MR) is 63.9 cm³/mol. The van der Waals surface area contributed by atoms with Crippen LogP contribution in [-0.2, 0) is 0 Å². The lowest BCUT2D eigenvalue weighted by molar-refractivity contribution is 0.0694. The summed E-state index contributed by atoms with van der Waals surface area (Å²) in [5.74, 6) is -2.03. The number of halogens is 1. The Hall–Kier alpha value is -2.15. The normalized spacial score (nSPS) is 10.3. The SMILES string of the molecule is Nc1c(F)ccc(Sc2ccncn2)c1C(=O)O. The highest BCUT2D eigenvalue weighted by Crippen LogP contribution is 2.32. The second-order valence-corrected chi connectivity index (χ2v) is 4.35. The van der Waals surface area contributed by atoms with Crippen LogP contribution in [0, 0.1) is 5.82 Å². The Morgan fingerprint density at radius 3 is 2.78 bits per heavy atom. The van der Waals surface area contributed by atoms with E-state index in [4.69, 9.17) is 10.8 Å². The molecule has 0 amide bonds. The molecule has 0 spiro atoms. The summed E-state index contributed by atoms with van der Waals surface area (Å²) in [5, 5.41) is 9.61. The summed E-state index contributed by atoms with van der Waals surface area (Å²) >= 11 is 1.09. The highest BCUT2D eigenvalue weighted by Gasteiger charge is 2.18. The van der Waals surface area contributed by atoms with Crippen LogP contribution in [0.1, 0.15) is 10.4 Å². The summed E-state index contributed by atoms with van der Waals surface area (Å²) < 4.78 is 13.2. The van der Waals surface area contributed by atoms with Crippen molar-refractivity contribution in [2.24, 2.45) is 0 Å². The van der Waals surface area contributed by atoms with E-state index >= 15 is 0 Å². The molecule has 0 unspecified atom stereocenters. The number of carbonyl (C=O) groups is 1. The smallest absolute Gasteiger partial charge is 0.339 e. The third-order valence-corrected chi connectivity index (χ3v) is 3.15. The molecule has 92 valence electrons. The number of carboxylic acid groups (broad SMARTS) is 1. The lowest BCUT2D eigenvalue weighted by Gasteiger charge is -2.08. The molecule has 0 aliphatic heterocycles. The fraction of sp³-hybridized carbons (Fsp3) is 0. The molecule has 0 saturated heterocycles. The van der Waals surface area contributed by atoms with E-state index in [1.807, 2.05) is 0 Å². The Balaban J connectivity index is 2.45. The first-order chi connectivity index (χ1) is 8.59. The van der Waals surface area contributed by atoms with Crippen molar-refractivity contribution in [2.45, 2.75) is 9.92 Å². The second kappa shape index (κ2) is 5.01. The fourth-order valence-corrected chi connectivity index (χ4v) is 2.22. The van der Waals surface area contributed by atoms with Crippen molar-refractivity contribution in [2.75, 3.05) is 5.73 Å². The van der Waals surface area contributed by atoms with E-state index in [9.17, 15) is 9.18 Å². The molecular weight excluding hydrogens is 257 g/mol. The Bertz CT molecular complexity index is 592. The monoisotopic (exact) mass is 265 g/mol. The minimum Gasteiger partial charge on any atom is -0.478 e. The van der Waals surface area contributed by atoms with Gasteiger partial charge in [-0.15, -0.1) is 0 Å². The van der Waals surface area contributed by atoms with Gasteiger partial charge >= 0.3 is 5.97 Å². The van der Waals surface area contributed by atoms with Gasteiger partial charge in [0.25, 0.3) is 0 Å². The largest absolute Gasteiger partial charge is 0.478 e. The highest BCUT2D eigenvalue weighted by atomic mass is 32.2. The minimum absolute atomic E-state index is 0.251. The zero-order valence-corrected chi connectivity index (χ0v) is 9.82. The molecule has 0 aliphatic rings. The number of aromatic carboxylic acids is 1. The van der Waals surface area contributed by atoms with Crippen molar-refractivity contribution >= 4 is 23.4 Å². The molecule has 0 bridgehead atoms. The maximum atomic E-state index is 13.2. The molecule has 1 aromatic carbocycles. The van der Waals surface area contributed by atoms with E-state index in [0.29, 0.717) is 9.92 Å². The van der Waals surface area contributed by atoms with Crippen LogP contribution in [0.2, 0.25) is 0 Å². The molecule has 1 heterocycles. The predicted octanol–water partition coefficient (Wildman–Crippen LogP) is 2.05. The van der Waals surface area contributed by atoms with Crippen molar-refractivity contribution in [1.29, 1.82) is 0 Å². The van der Waals surface area contributed by atoms with Gasteiger partial charge < -0.3 is 10.8 Å². The van der Waals surface area contributed by atoms with Crippen LogP contribution in [0.3, 0.4) is 0 Å². The van der Waals surface area contributed by atoms with Crippen LogP contribution < -0.4 is 5.73 Å². The Labute approximate surface area is 106 Å². The molecule has 0 saturated carbocycles. The Morgan fingerprint density at radius 2 is 2.17 bits per heavy atom. The molecule has 0 aliphatic carbocycles. The molecule has 1 aromatic heterocycles. The maximum absolute atomic E-state index is 13.2. The first kappa shape index (κ1) is 12.3. The summed E-state index contributed by atoms with van der Waals surface area (Å²) in [7, 11) is 0. The van der Waals surface area contributed by atoms with E-state index < -0.39 is 11.8 Å². The molecule has 0 radical (unpaired) electrons. The quantitative estimate of drug-likeness (QED) is 0.652. The van der Waals surface area contributed by atoms with Gasteiger partial charge in [-0.2, -0.15) is 0 Å². The molecule has 7 heteroatoms. The highest BCUT2D eigenvalue weighted by molar-refractivity contribution is 7.99. The maximum Gasteiger partial charge on any atom is 0.339 e. The van der Waals surface area contributed by atoms with Crippen molar-refractivity contribution in [3.8, 4) is 0 Å². The van der Waals surface area contributed by atoms with Gasteiger partial charge in [-0.1, -0.05) is 11.8 Å². The standard InChI is InChI=1S/C11H8FN3O2S/c12-6-1-2-7(9(10(6)13)11(16)17)18-8-3-4-14-5-15-8/h1-5H,13H2,(H,16,17). The number of carboxylic acids is 1. The van der Waals surface area contributed by atoms with Crippen molar-refractivity contribution in [3.05, 3.63) is 42.1 Å². The topological polar surface area (TPSA) is 89.1 Å². The van der Waals surface area contributed by atoms with Gasteiger partial charge in [0.15, 0.2) is 0 Å². The molecular formula is C11H8FN3O2S. The summed E-state index contributed by atoms with van der Waals surface area (Å²) in [6.45, 7) is 0. The zero-order valence-electron chi connectivity index (χ0n) is 9.00. The number of anilines is 1. The van der Waals surface area contributed by atoms with Gasteiger partial charge in [0.1, 0.15) is 17.2 Å². The van der Waals surface area contributed by atoms with Crippen LogP contribution in [0.5, 0.6) is 0 Å². The van der Waals surface area contributed by atoms with Crippen LogP contribution >= 0.6 is 11.8 Å². The molecule has 5 nitrogen and oxygen atoms in total.